The van der Waals surface area contributed by atoms with E-state index in [9.17, 15) is 14.4 Å². The van der Waals surface area contributed by atoms with Crippen molar-refractivity contribution in [1.29, 1.82) is 0 Å². The Bertz CT molecular complexity index is 419. The maximum Gasteiger partial charge on any atom is 0.322 e. The van der Waals surface area contributed by atoms with Crippen molar-refractivity contribution in [3.05, 3.63) is 0 Å². The number of amides is 4. The van der Waals surface area contributed by atoms with Crippen LogP contribution in [-0.2, 0) is 9.59 Å². The van der Waals surface area contributed by atoms with E-state index in [0.29, 0.717) is 25.9 Å². The number of rotatable bonds is 2. The van der Waals surface area contributed by atoms with E-state index < -0.39 is 17.1 Å². The van der Waals surface area contributed by atoms with Crippen molar-refractivity contribution in [2.45, 2.75) is 44.2 Å². The van der Waals surface area contributed by atoms with E-state index in [1.54, 1.807) is 18.7 Å². The number of nitrogens with one attached hydrogen (secondary N) is 2. The Labute approximate surface area is 111 Å². The molecule has 19 heavy (non-hydrogen) atoms. The number of hydrogen-bond donors (Lipinski definition) is 3. The molecule has 0 saturated carbocycles. The highest BCUT2D eigenvalue weighted by Gasteiger charge is 2.48. The molecule has 7 nitrogen and oxygen atoms in total. The zero-order chi connectivity index (χ0) is 14.3. The highest BCUT2D eigenvalue weighted by atomic mass is 16.2. The molecule has 0 aromatic carbocycles. The first-order valence-corrected chi connectivity index (χ1v) is 6.42. The summed E-state index contributed by atoms with van der Waals surface area (Å²) in [7, 11) is 0. The van der Waals surface area contributed by atoms with Crippen molar-refractivity contribution in [2.75, 3.05) is 13.1 Å². The normalized spacial score (nSPS) is 22.4. The maximum absolute atomic E-state index is 12.0. The fourth-order valence-electron chi connectivity index (χ4n) is 2.52. The first-order chi connectivity index (χ1) is 8.72. The molecule has 4 amide bonds. The number of urea groups is 1. The molecule has 2 heterocycles. The summed E-state index contributed by atoms with van der Waals surface area (Å²) in [4.78, 5) is 36.7. The Morgan fingerprint density at radius 3 is 2.37 bits per heavy atom. The minimum absolute atomic E-state index is 0.00733. The predicted octanol–water partition coefficient (Wildman–Crippen LogP) is -0.686. The summed E-state index contributed by atoms with van der Waals surface area (Å²) in [5, 5.41) is 4.91. The van der Waals surface area contributed by atoms with Crippen LogP contribution in [0.1, 0.15) is 33.1 Å². The number of likely N-dealkylation sites (tertiary alicyclic amines) is 1. The van der Waals surface area contributed by atoms with Gasteiger partial charge < -0.3 is 16.0 Å². The van der Waals surface area contributed by atoms with Crippen LogP contribution in [0.25, 0.3) is 0 Å². The third-order valence-corrected chi connectivity index (χ3v) is 3.59. The van der Waals surface area contributed by atoms with E-state index in [1.807, 2.05) is 0 Å². The molecule has 2 fully saturated rings. The number of piperidine rings is 1. The lowest BCUT2D eigenvalue weighted by Crippen LogP contribution is -2.56. The Hall–Kier alpha value is -1.63. The molecule has 2 aliphatic heterocycles. The standard InChI is InChI=1S/C12H20N4O3/c1-11(2,13)7-8(17)16-5-3-12(4-6-16)9(18)14-10(19)15-12/h3-7,13H2,1-2H3,(H2,14,15,18,19). The number of carbonyl (C=O) groups is 3. The van der Waals surface area contributed by atoms with Gasteiger partial charge in [-0.2, -0.15) is 0 Å². The minimum Gasteiger partial charge on any atom is -0.342 e. The second kappa shape index (κ2) is 4.48. The number of carbonyl (C=O) groups excluding carboxylic acids is 3. The second-order valence-electron chi connectivity index (χ2n) is 6.04. The highest BCUT2D eigenvalue weighted by molar-refractivity contribution is 6.07. The summed E-state index contributed by atoms with van der Waals surface area (Å²) in [5.74, 6) is -0.296. The van der Waals surface area contributed by atoms with Crippen LogP contribution < -0.4 is 16.4 Å². The molecule has 2 rings (SSSR count). The third-order valence-electron chi connectivity index (χ3n) is 3.59. The average molecular weight is 268 g/mol. The Morgan fingerprint density at radius 1 is 1.37 bits per heavy atom. The first-order valence-electron chi connectivity index (χ1n) is 6.42. The van der Waals surface area contributed by atoms with E-state index in [4.69, 9.17) is 5.73 Å². The Morgan fingerprint density at radius 2 is 1.95 bits per heavy atom. The van der Waals surface area contributed by atoms with Crippen LogP contribution in [0.15, 0.2) is 0 Å². The van der Waals surface area contributed by atoms with E-state index in [0.717, 1.165) is 0 Å². The predicted molar refractivity (Wildman–Crippen MR) is 68.1 cm³/mol. The molecule has 0 unspecified atom stereocenters. The molecular formula is C12H20N4O3. The molecule has 4 N–H and O–H groups in total. The quantitative estimate of drug-likeness (QED) is 0.577. The van der Waals surface area contributed by atoms with Crippen LogP contribution in [0.5, 0.6) is 0 Å². The van der Waals surface area contributed by atoms with Crippen LogP contribution in [-0.4, -0.2) is 46.9 Å². The summed E-state index contributed by atoms with van der Waals surface area (Å²) in [6.07, 6.45) is 1.17. The van der Waals surface area contributed by atoms with Crippen molar-refractivity contribution < 1.29 is 14.4 Å². The molecule has 0 bridgehead atoms. The summed E-state index contributed by atoms with van der Waals surface area (Å²) in [6.45, 7) is 4.53. The van der Waals surface area contributed by atoms with Crippen molar-refractivity contribution in [1.82, 2.24) is 15.5 Å². The van der Waals surface area contributed by atoms with Crippen LogP contribution in [0.2, 0.25) is 0 Å². The molecule has 0 radical (unpaired) electrons. The summed E-state index contributed by atoms with van der Waals surface area (Å²) < 4.78 is 0. The van der Waals surface area contributed by atoms with Gasteiger partial charge in [0.15, 0.2) is 0 Å². The average Bonchev–Trinajstić information content (AvgIpc) is 2.52. The van der Waals surface area contributed by atoms with Crippen LogP contribution in [0.3, 0.4) is 0 Å². The number of hydrogen-bond acceptors (Lipinski definition) is 4. The lowest BCUT2D eigenvalue weighted by molar-refractivity contribution is -0.136. The van der Waals surface area contributed by atoms with Gasteiger partial charge in [-0.3, -0.25) is 14.9 Å². The molecule has 106 valence electrons. The zero-order valence-electron chi connectivity index (χ0n) is 11.3. The van der Waals surface area contributed by atoms with Gasteiger partial charge in [-0.25, -0.2) is 4.79 Å². The second-order valence-corrected chi connectivity index (χ2v) is 6.04. The Balaban J connectivity index is 1.94. The van der Waals surface area contributed by atoms with Gasteiger partial charge >= 0.3 is 6.03 Å². The maximum atomic E-state index is 12.0. The molecule has 0 aromatic rings. The number of imide groups is 1. The van der Waals surface area contributed by atoms with Crippen molar-refractivity contribution in [3.8, 4) is 0 Å². The van der Waals surface area contributed by atoms with Gasteiger partial charge in [0.05, 0.1) is 0 Å². The molecule has 0 aliphatic carbocycles. The van der Waals surface area contributed by atoms with Gasteiger partial charge in [-0.15, -0.1) is 0 Å². The molecule has 2 saturated heterocycles. The zero-order valence-corrected chi connectivity index (χ0v) is 11.3. The first kappa shape index (κ1) is 13.8. The van der Waals surface area contributed by atoms with Crippen molar-refractivity contribution in [2.24, 2.45) is 5.73 Å². The van der Waals surface area contributed by atoms with E-state index in [-0.39, 0.29) is 18.2 Å². The van der Waals surface area contributed by atoms with E-state index in [1.165, 1.54) is 0 Å². The SMILES string of the molecule is CC(C)(N)CC(=O)N1CCC2(CC1)NC(=O)NC2=O. The molecule has 0 aromatic heterocycles. The number of nitrogens with two attached hydrogens (primary N) is 1. The van der Waals surface area contributed by atoms with Gasteiger partial charge in [0.1, 0.15) is 5.54 Å². The minimum atomic E-state index is -0.827. The highest BCUT2D eigenvalue weighted by Crippen LogP contribution is 2.26. The molecule has 1 spiro atoms. The third kappa shape index (κ3) is 2.86. The van der Waals surface area contributed by atoms with Gasteiger partial charge in [0.25, 0.3) is 5.91 Å². The summed E-state index contributed by atoms with van der Waals surface area (Å²) >= 11 is 0. The van der Waals surface area contributed by atoms with Gasteiger partial charge in [-0.1, -0.05) is 0 Å². The Kier molecular flexibility index (Phi) is 3.25. The topological polar surface area (TPSA) is 105 Å². The van der Waals surface area contributed by atoms with Crippen LogP contribution in [0, 0.1) is 0 Å². The smallest absolute Gasteiger partial charge is 0.322 e. The lowest BCUT2D eigenvalue weighted by Gasteiger charge is -2.37. The van der Waals surface area contributed by atoms with Crippen molar-refractivity contribution in [3.63, 3.8) is 0 Å². The fourth-order valence-corrected chi connectivity index (χ4v) is 2.52. The van der Waals surface area contributed by atoms with Gasteiger partial charge in [-0.05, 0) is 26.7 Å². The van der Waals surface area contributed by atoms with Crippen LogP contribution >= 0.6 is 0 Å². The molecular weight excluding hydrogens is 248 g/mol. The summed E-state index contributed by atoms with van der Waals surface area (Å²) in [6, 6.07) is -0.451. The van der Waals surface area contributed by atoms with Gasteiger partial charge in [0.2, 0.25) is 5.91 Å². The van der Waals surface area contributed by atoms with E-state index in [2.05, 4.69) is 10.6 Å². The van der Waals surface area contributed by atoms with E-state index >= 15 is 0 Å². The monoisotopic (exact) mass is 268 g/mol. The lowest BCUT2D eigenvalue weighted by atomic mass is 9.87. The molecule has 2 aliphatic rings. The largest absolute Gasteiger partial charge is 0.342 e. The fraction of sp³-hybridized carbons (Fsp3) is 0.750. The summed E-state index contributed by atoms with van der Waals surface area (Å²) in [5.41, 5.74) is 4.47. The van der Waals surface area contributed by atoms with Crippen molar-refractivity contribution >= 4 is 17.8 Å². The molecule has 0 atom stereocenters. The van der Waals surface area contributed by atoms with Crippen LogP contribution in [0.4, 0.5) is 4.79 Å². The van der Waals surface area contributed by atoms with Gasteiger partial charge in [0, 0.05) is 25.0 Å². The number of nitrogens with zero attached hydrogens (tertiary/aromatic N) is 1. The molecule has 7 heteroatoms.